The maximum Gasteiger partial charge on any atom is 0.333 e. The first-order valence-corrected chi connectivity index (χ1v) is 11.9. The molecule has 0 saturated heterocycles. The Balaban J connectivity index is 1.58. The molecule has 0 bridgehead atoms. The predicted molar refractivity (Wildman–Crippen MR) is 124 cm³/mol. The number of sulfonamides is 1. The lowest BCUT2D eigenvalue weighted by Crippen LogP contribution is -2.34. The van der Waals surface area contributed by atoms with Crippen molar-refractivity contribution in [3.63, 3.8) is 0 Å². The Bertz CT molecular complexity index is 1540. The van der Waals surface area contributed by atoms with Gasteiger partial charge in [-0.3, -0.25) is 9.36 Å². The highest BCUT2D eigenvalue weighted by Crippen LogP contribution is 2.22. The van der Waals surface area contributed by atoms with E-state index in [-0.39, 0.29) is 15.6 Å². The summed E-state index contributed by atoms with van der Waals surface area (Å²) in [6, 6.07) is 12.3. The third-order valence-electron chi connectivity index (χ3n) is 4.79. The molecule has 4 rings (SSSR count). The molecule has 2 aromatic carbocycles. The van der Waals surface area contributed by atoms with E-state index in [2.05, 4.69) is 5.32 Å². The van der Waals surface area contributed by atoms with Gasteiger partial charge in [0.15, 0.2) is 0 Å². The monoisotopic (exact) mass is 487 g/mol. The predicted octanol–water partition coefficient (Wildman–Crippen LogP) is 4.02. The third kappa shape index (κ3) is 4.59. The number of aryl methyl sites for hydroxylation is 1. The number of nitrogens with zero attached hydrogens (tertiary/aromatic N) is 1. The van der Waals surface area contributed by atoms with E-state index in [1.807, 2.05) is 4.72 Å². The number of pyridine rings is 1. The number of aromatic nitrogens is 1. The number of hydrogen-bond donors (Lipinski definition) is 2. The highest BCUT2D eigenvalue weighted by Gasteiger charge is 2.20. The fourth-order valence-corrected chi connectivity index (χ4v) is 5.39. The van der Waals surface area contributed by atoms with Gasteiger partial charge in [0, 0.05) is 16.8 Å². The molecule has 0 radical (unpaired) electrons. The summed E-state index contributed by atoms with van der Waals surface area (Å²) in [4.78, 5) is 25.8. The minimum absolute atomic E-state index is 0.0102. The molecular formula is C22H18FN3O5S2. The van der Waals surface area contributed by atoms with Crippen molar-refractivity contribution in [1.29, 1.82) is 0 Å². The zero-order valence-electron chi connectivity index (χ0n) is 17.5. The Morgan fingerprint density at radius 2 is 1.88 bits per heavy atom. The van der Waals surface area contributed by atoms with Crippen LogP contribution in [-0.4, -0.2) is 26.1 Å². The van der Waals surface area contributed by atoms with Gasteiger partial charge in [0.05, 0.1) is 18.2 Å². The summed E-state index contributed by atoms with van der Waals surface area (Å²) in [7, 11) is -2.56. The Kier molecular flexibility index (Phi) is 5.91. The number of amides is 2. The van der Waals surface area contributed by atoms with Crippen molar-refractivity contribution in [2.24, 2.45) is 0 Å². The molecule has 2 heterocycles. The van der Waals surface area contributed by atoms with E-state index in [0.717, 1.165) is 26.8 Å². The summed E-state index contributed by atoms with van der Waals surface area (Å²) in [5, 5.41) is 3.31. The van der Waals surface area contributed by atoms with Crippen LogP contribution in [-0.2, 0) is 10.0 Å². The fraction of sp³-hybridized carbons (Fsp3) is 0.0909. The smallest absolute Gasteiger partial charge is 0.333 e. The van der Waals surface area contributed by atoms with Crippen molar-refractivity contribution in [1.82, 2.24) is 9.29 Å². The van der Waals surface area contributed by atoms with Crippen molar-refractivity contribution in [3.05, 3.63) is 81.8 Å². The van der Waals surface area contributed by atoms with E-state index in [1.165, 1.54) is 31.5 Å². The number of anilines is 1. The van der Waals surface area contributed by atoms with Gasteiger partial charge in [0.2, 0.25) is 0 Å². The molecule has 4 aromatic rings. The summed E-state index contributed by atoms with van der Waals surface area (Å²) in [6.45, 7) is 1.74. The molecular weight excluding hydrogens is 469 g/mol. The first-order valence-electron chi connectivity index (χ1n) is 9.57. The van der Waals surface area contributed by atoms with Gasteiger partial charge in [-0.2, -0.15) is 0 Å². The minimum Gasteiger partial charge on any atom is -0.497 e. The Morgan fingerprint density at radius 3 is 2.55 bits per heavy atom. The number of carbonyl (C=O) groups excluding carboxylic acids is 1. The van der Waals surface area contributed by atoms with Crippen molar-refractivity contribution in [3.8, 4) is 11.4 Å². The first kappa shape index (κ1) is 22.5. The van der Waals surface area contributed by atoms with Gasteiger partial charge in [-0.1, -0.05) is 6.07 Å². The molecule has 0 aliphatic carbocycles. The number of urea groups is 1. The van der Waals surface area contributed by atoms with Gasteiger partial charge in [0.1, 0.15) is 15.8 Å². The van der Waals surface area contributed by atoms with Crippen LogP contribution in [0, 0.1) is 12.7 Å². The van der Waals surface area contributed by atoms with Crippen LogP contribution in [0.2, 0.25) is 0 Å². The van der Waals surface area contributed by atoms with Crippen LogP contribution < -0.4 is 20.3 Å². The van der Waals surface area contributed by atoms with Gasteiger partial charge >= 0.3 is 6.03 Å². The highest BCUT2D eigenvalue weighted by atomic mass is 32.2. The lowest BCUT2D eigenvalue weighted by Gasteiger charge is -2.12. The molecule has 8 nitrogen and oxygen atoms in total. The van der Waals surface area contributed by atoms with Crippen LogP contribution in [0.5, 0.6) is 5.75 Å². The number of fused-ring (bicyclic) bond motifs is 1. The average molecular weight is 488 g/mol. The maximum atomic E-state index is 14.8. The van der Waals surface area contributed by atoms with Crippen LogP contribution in [0.15, 0.2) is 69.8 Å². The van der Waals surface area contributed by atoms with Gasteiger partial charge in [-0.05, 0) is 60.8 Å². The van der Waals surface area contributed by atoms with Crippen molar-refractivity contribution in [2.75, 3.05) is 12.4 Å². The maximum absolute atomic E-state index is 14.8. The zero-order valence-corrected chi connectivity index (χ0v) is 19.1. The molecule has 2 aromatic heterocycles. The molecule has 0 unspecified atom stereocenters. The van der Waals surface area contributed by atoms with E-state index < -0.39 is 27.4 Å². The summed E-state index contributed by atoms with van der Waals surface area (Å²) < 4.78 is 47.5. The third-order valence-corrected chi connectivity index (χ3v) is 7.61. The van der Waals surface area contributed by atoms with Crippen LogP contribution in [0.1, 0.15) is 4.88 Å². The largest absolute Gasteiger partial charge is 0.497 e. The molecule has 33 heavy (non-hydrogen) atoms. The van der Waals surface area contributed by atoms with E-state index in [9.17, 15) is 22.4 Å². The second-order valence-corrected chi connectivity index (χ2v) is 10.2. The Morgan fingerprint density at radius 1 is 1.09 bits per heavy atom. The van der Waals surface area contributed by atoms with E-state index in [1.54, 1.807) is 37.3 Å². The van der Waals surface area contributed by atoms with E-state index in [4.69, 9.17) is 4.74 Å². The number of benzene rings is 2. The minimum atomic E-state index is -4.05. The molecule has 2 amide bonds. The van der Waals surface area contributed by atoms with Gasteiger partial charge in [-0.15, -0.1) is 11.3 Å². The average Bonchev–Trinajstić information content (AvgIpc) is 3.21. The summed E-state index contributed by atoms with van der Waals surface area (Å²) in [5.41, 5.74) is -0.458. The van der Waals surface area contributed by atoms with Crippen LogP contribution in [0.3, 0.4) is 0 Å². The van der Waals surface area contributed by atoms with Gasteiger partial charge in [-0.25, -0.2) is 22.3 Å². The number of rotatable bonds is 5. The van der Waals surface area contributed by atoms with Crippen molar-refractivity contribution >= 4 is 43.9 Å². The molecule has 0 atom stereocenters. The second kappa shape index (κ2) is 8.68. The summed E-state index contributed by atoms with van der Waals surface area (Å²) in [5.74, 6) is -0.287. The number of thiophene rings is 1. The number of nitrogens with one attached hydrogen (secondary N) is 2. The van der Waals surface area contributed by atoms with Crippen LogP contribution >= 0.6 is 11.3 Å². The fourth-order valence-electron chi connectivity index (χ4n) is 3.20. The molecule has 0 fully saturated rings. The molecule has 0 aliphatic heterocycles. The number of carbonyl (C=O) groups is 1. The first-order chi connectivity index (χ1) is 15.7. The quantitative estimate of drug-likeness (QED) is 0.442. The lowest BCUT2D eigenvalue weighted by atomic mass is 10.1. The Hall–Kier alpha value is -3.70. The lowest BCUT2D eigenvalue weighted by molar-refractivity contribution is 0.256. The molecule has 170 valence electrons. The molecule has 0 saturated carbocycles. The van der Waals surface area contributed by atoms with Crippen molar-refractivity contribution in [2.45, 2.75) is 11.1 Å². The number of halogens is 1. The summed E-state index contributed by atoms with van der Waals surface area (Å²) >= 11 is 1.02. The molecule has 0 spiro atoms. The number of ether oxygens (including phenoxy) is 1. The SMILES string of the molecule is COc1ccc2ccn(-c3ccc(NC(=O)NS(=O)(=O)c4ccc(C)s4)cc3F)c(=O)c2c1. The topological polar surface area (TPSA) is 106 Å². The highest BCUT2D eigenvalue weighted by molar-refractivity contribution is 7.92. The summed E-state index contributed by atoms with van der Waals surface area (Å²) in [6.07, 6.45) is 1.45. The van der Waals surface area contributed by atoms with Gasteiger partial charge in [0.25, 0.3) is 15.6 Å². The Labute approximate surface area is 192 Å². The zero-order chi connectivity index (χ0) is 23.8. The second-order valence-electron chi connectivity index (χ2n) is 7.03. The number of hydrogen-bond acceptors (Lipinski definition) is 6. The van der Waals surface area contributed by atoms with Gasteiger partial charge < -0.3 is 10.1 Å². The molecule has 2 N–H and O–H groups in total. The van der Waals surface area contributed by atoms with Crippen LogP contribution in [0.4, 0.5) is 14.9 Å². The number of methoxy groups -OCH3 is 1. The van der Waals surface area contributed by atoms with Crippen LogP contribution in [0.25, 0.3) is 16.5 Å². The molecule has 11 heteroatoms. The standard InChI is InChI=1S/C22H18FN3O5S2/c1-13-3-8-20(32-13)33(29,30)25-22(28)24-15-5-7-19(18(23)11-15)26-10-9-14-4-6-16(31-2)12-17(14)21(26)27/h3-12H,1-2H3,(H2,24,25,28). The van der Waals surface area contributed by atoms with Crippen molar-refractivity contribution < 1.29 is 22.3 Å². The van der Waals surface area contributed by atoms with E-state index in [0.29, 0.717) is 16.5 Å². The normalized spacial score (nSPS) is 11.4. The molecule has 0 aliphatic rings. The van der Waals surface area contributed by atoms with E-state index >= 15 is 0 Å².